The molecule has 1 N–H and O–H groups in total. The topological polar surface area (TPSA) is 116 Å². The number of nitrogens with zero attached hydrogens (tertiary/aromatic N) is 7. The van der Waals surface area contributed by atoms with E-state index < -0.39 is 0 Å². The van der Waals surface area contributed by atoms with Gasteiger partial charge in [0, 0.05) is 43.1 Å². The average molecular weight is 483 g/mol. The van der Waals surface area contributed by atoms with E-state index in [9.17, 15) is 9.59 Å². The van der Waals surface area contributed by atoms with Crippen LogP contribution >= 0.6 is 0 Å². The third kappa shape index (κ3) is 4.17. The Morgan fingerprint density at radius 3 is 2.67 bits per heavy atom. The number of rotatable bonds is 9. The first-order chi connectivity index (χ1) is 17.6. The van der Waals surface area contributed by atoms with Crippen molar-refractivity contribution in [2.24, 2.45) is 7.05 Å². The minimum absolute atomic E-state index is 0.200. The maximum Gasteiger partial charge on any atom is 0.334 e. The van der Waals surface area contributed by atoms with Crippen LogP contribution in [0.3, 0.4) is 0 Å². The molecule has 0 atom stereocenters. The smallest absolute Gasteiger partial charge is 0.334 e. The lowest BCUT2D eigenvalue weighted by atomic mass is 9.96. The Kier molecular flexibility index (Phi) is 6.40. The first kappa shape index (κ1) is 23.2. The number of aldehydes is 1. The number of pyridine rings is 1. The van der Waals surface area contributed by atoms with Crippen molar-refractivity contribution in [3.05, 3.63) is 88.5 Å². The quantitative estimate of drug-likeness (QED) is 0.322. The first-order valence-electron chi connectivity index (χ1n) is 11.8. The Hall–Kier alpha value is -4.60. The maximum atomic E-state index is 13.7. The zero-order chi connectivity index (χ0) is 25.1. The summed E-state index contributed by atoms with van der Waals surface area (Å²) in [6.45, 7) is 2.45. The van der Waals surface area contributed by atoms with E-state index >= 15 is 0 Å². The van der Waals surface area contributed by atoms with Gasteiger partial charge in [0.2, 0.25) is 0 Å². The molecular formula is C26H26N8O2. The number of aryl methyl sites for hydroxylation is 2. The van der Waals surface area contributed by atoms with Crippen LogP contribution in [-0.4, -0.2) is 45.6 Å². The predicted molar refractivity (Wildman–Crippen MR) is 135 cm³/mol. The summed E-state index contributed by atoms with van der Waals surface area (Å²) in [4.78, 5) is 29.7. The second kappa shape index (κ2) is 9.95. The summed E-state index contributed by atoms with van der Waals surface area (Å²) in [5, 5.41) is 14.3. The predicted octanol–water partition coefficient (Wildman–Crippen LogP) is 3.42. The van der Waals surface area contributed by atoms with Crippen molar-refractivity contribution in [3.63, 3.8) is 0 Å². The molecule has 1 aromatic carbocycles. The Bertz CT molecular complexity index is 1560. The van der Waals surface area contributed by atoms with Crippen molar-refractivity contribution >= 4 is 6.29 Å². The van der Waals surface area contributed by atoms with Crippen LogP contribution in [0.25, 0.3) is 28.3 Å². The molecule has 0 bridgehead atoms. The van der Waals surface area contributed by atoms with Gasteiger partial charge >= 0.3 is 5.69 Å². The van der Waals surface area contributed by atoms with Crippen molar-refractivity contribution in [2.45, 2.75) is 32.7 Å². The number of imidazole rings is 1. The number of carbonyl (C=O) groups is 1. The molecule has 0 radical (unpaired) electrons. The molecule has 182 valence electrons. The van der Waals surface area contributed by atoms with Gasteiger partial charge in [0.05, 0.1) is 12.1 Å². The van der Waals surface area contributed by atoms with E-state index in [1.165, 1.54) is 0 Å². The standard InChI is InChI=1S/C26H26N8O2/c1-3-4-7-20-16-34(25-18(17-35)11-13-32(25)2)26(36)33(20)15-19-14-27-12-10-21(19)22-8-5-6-9-23(22)24-28-30-31-29-24/h5-6,8-14,16-17H,3-4,7,15H2,1-2H3,(H,28,29,30,31). The van der Waals surface area contributed by atoms with Gasteiger partial charge in [0.1, 0.15) is 5.82 Å². The molecule has 0 spiro atoms. The minimum Gasteiger partial charge on any atom is -0.336 e. The summed E-state index contributed by atoms with van der Waals surface area (Å²) < 4.78 is 5.13. The molecule has 0 amide bonds. The van der Waals surface area contributed by atoms with E-state index in [-0.39, 0.29) is 5.69 Å². The summed E-state index contributed by atoms with van der Waals surface area (Å²) in [5.74, 6) is 1.12. The van der Waals surface area contributed by atoms with Crippen molar-refractivity contribution in [1.29, 1.82) is 0 Å². The van der Waals surface area contributed by atoms with E-state index in [4.69, 9.17) is 0 Å². The van der Waals surface area contributed by atoms with Gasteiger partial charge in [-0.25, -0.2) is 9.89 Å². The van der Waals surface area contributed by atoms with Crippen LogP contribution < -0.4 is 5.69 Å². The monoisotopic (exact) mass is 482 g/mol. The maximum absolute atomic E-state index is 13.7. The summed E-state index contributed by atoms with van der Waals surface area (Å²) in [6, 6.07) is 11.5. The fraction of sp³-hybridized carbons (Fsp3) is 0.231. The molecule has 10 nitrogen and oxygen atoms in total. The van der Waals surface area contributed by atoms with Gasteiger partial charge in [0.25, 0.3) is 0 Å². The van der Waals surface area contributed by atoms with E-state index in [1.807, 2.05) is 43.6 Å². The Labute approximate surface area is 207 Å². The lowest BCUT2D eigenvalue weighted by molar-refractivity contribution is 0.112. The summed E-state index contributed by atoms with van der Waals surface area (Å²) in [7, 11) is 1.83. The Balaban J connectivity index is 1.63. The fourth-order valence-electron chi connectivity index (χ4n) is 4.53. The van der Waals surface area contributed by atoms with Gasteiger partial charge in [-0.05, 0) is 52.1 Å². The number of aromatic nitrogens is 8. The Morgan fingerprint density at radius 1 is 1.08 bits per heavy atom. The second-order valence-electron chi connectivity index (χ2n) is 8.61. The fourth-order valence-corrected chi connectivity index (χ4v) is 4.53. The SMILES string of the molecule is CCCCc1cn(-c2c(C=O)ccn2C)c(=O)n1Cc1cnccc1-c1ccccc1-c1nnn[nH]1. The number of hydrogen-bond donors (Lipinski definition) is 1. The zero-order valence-corrected chi connectivity index (χ0v) is 20.1. The number of unbranched alkanes of at least 4 members (excludes halogenated alkanes) is 1. The number of benzene rings is 1. The summed E-state index contributed by atoms with van der Waals surface area (Å²) >= 11 is 0. The van der Waals surface area contributed by atoms with Crippen LogP contribution in [0.15, 0.2) is 66.0 Å². The normalized spacial score (nSPS) is 11.2. The van der Waals surface area contributed by atoms with E-state index in [1.54, 1.807) is 38.4 Å². The lowest BCUT2D eigenvalue weighted by Gasteiger charge is -2.14. The first-order valence-corrected chi connectivity index (χ1v) is 11.8. The van der Waals surface area contributed by atoms with Gasteiger partial charge in [-0.1, -0.05) is 37.6 Å². The molecule has 0 saturated carbocycles. The zero-order valence-electron chi connectivity index (χ0n) is 20.1. The van der Waals surface area contributed by atoms with Gasteiger partial charge in [-0.15, -0.1) is 5.10 Å². The highest BCUT2D eigenvalue weighted by atomic mass is 16.2. The van der Waals surface area contributed by atoms with E-state index in [0.717, 1.165) is 53.5 Å². The van der Waals surface area contributed by atoms with E-state index in [2.05, 4.69) is 32.5 Å². The highest BCUT2D eigenvalue weighted by Gasteiger charge is 2.19. The van der Waals surface area contributed by atoms with Gasteiger partial charge in [0.15, 0.2) is 12.1 Å². The summed E-state index contributed by atoms with van der Waals surface area (Å²) in [5.41, 5.74) is 4.78. The number of carbonyl (C=O) groups excluding carboxylic acids is 1. The van der Waals surface area contributed by atoms with Crippen LogP contribution in [-0.2, 0) is 20.0 Å². The van der Waals surface area contributed by atoms with Gasteiger partial charge < -0.3 is 4.57 Å². The molecule has 5 rings (SSSR count). The van der Waals surface area contributed by atoms with Crippen LogP contribution in [0.4, 0.5) is 0 Å². The largest absolute Gasteiger partial charge is 0.336 e. The molecule has 36 heavy (non-hydrogen) atoms. The molecule has 0 aliphatic carbocycles. The molecule has 0 aliphatic heterocycles. The molecule has 0 saturated heterocycles. The Morgan fingerprint density at radius 2 is 1.92 bits per heavy atom. The third-order valence-electron chi connectivity index (χ3n) is 6.32. The number of H-pyrrole nitrogens is 1. The van der Waals surface area contributed by atoms with Crippen molar-refractivity contribution < 1.29 is 4.79 Å². The summed E-state index contributed by atoms with van der Waals surface area (Å²) in [6.07, 6.45) is 10.6. The number of aromatic amines is 1. The number of tetrazole rings is 1. The minimum atomic E-state index is -0.200. The van der Waals surface area contributed by atoms with Crippen molar-refractivity contribution in [2.75, 3.05) is 0 Å². The van der Waals surface area contributed by atoms with Gasteiger partial charge in [-0.3, -0.25) is 18.9 Å². The average Bonchev–Trinajstić information content (AvgIpc) is 3.64. The van der Waals surface area contributed by atoms with Crippen molar-refractivity contribution in [3.8, 4) is 28.3 Å². The third-order valence-corrected chi connectivity index (χ3v) is 6.32. The highest BCUT2D eigenvalue weighted by Crippen LogP contribution is 2.32. The lowest BCUT2D eigenvalue weighted by Crippen LogP contribution is -2.26. The van der Waals surface area contributed by atoms with Crippen LogP contribution in [0, 0.1) is 0 Å². The van der Waals surface area contributed by atoms with Crippen LogP contribution in [0.2, 0.25) is 0 Å². The molecule has 4 aromatic heterocycles. The molecule has 0 aliphatic rings. The molecule has 4 heterocycles. The molecule has 5 aromatic rings. The molecular weight excluding hydrogens is 456 g/mol. The molecule has 0 fully saturated rings. The van der Waals surface area contributed by atoms with Crippen LogP contribution in [0.1, 0.15) is 41.4 Å². The second-order valence-corrected chi connectivity index (χ2v) is 8.61. The van der Waals surface area contributed by atoms with Crippen molar-refractivity contribution in [1.82, 2.24) is 39.3 Å². The molecule has 10 heteroatoms. The van der Waals surface area contributed by atoms with Gasteiger partial charge in [-0.2, -0.15) is 0 Å². The van der Waals surface area contributed by atoms with Crippen LogP contribution in [0.5, 0.6) is 0 Å². The number of hydrogen-bond acceptors (Lipinski definition) is 6. The highest BCUT2D eigenvalue weighted by molar-refractivity contribution is 5.82. The molecule has 0 unspecified atom stereocenters. The number of nitrogens with one attached hydrogen (secondary N) is 1. The van der Waals surface area contributed by atoms with E-state index in [0.29, 0.717) is 23.8 Å².